The lowest BCUT2D eigenvalue weighted by Crippen LogP contribution is -2.09. The van der Waals surface area contributed by atoms with Crippen molar-refractivity contribution in [2.45, 2.75) is 13.5 Å². The SMILES string of the molecule is CCOCCOCCn1c2ccc(Br)cc2c2cc(Br)ccc21. The first-order chi connectivity index (χ1) is 11.2. The van der Waals surface area contributed by atoms with Gasteiger partial charge in [0.25, 0.3) is 0 Å². The summed E-state index contributed by atoms with van der Waals surface area (Å²) < 4.78 is 15.5. The fraction of sp³-hybridized carbons (Fsp3) is 0.333. The molecule has 1 heterocycles. The van der Waals surface area contributed by atoms with E-state index in [0.717, 1.165) is 22.1 Å². The minimum Gasteiger partial charge on any atom is -0.379 e. The quantitative estimate of drug-likeness (QED) is 0.461. The standard InChI is InChI=1S/C18H19Br2NO2/c1-2-22-9-10-23-8-7-21-17-5-3-13(19)11-15(17)16-12-14(20)4-6-18(16)21/h3-6,11-12H,2,7-10H2,1H3. The number of aromatic nitrogens is 1. The molecule has 3 rings (SSSR count). The Morgan fingerprint density at radius 1 is 0.826 bits per heavy atom. The van der Waals surface area contributed by atoms with E-state index in [1.165, 1.54) is 21.8 Å². The summed E-state index contributed by atoms with van der Waals surface area (Å²) in [5.74, 6) is 0. The zero-order valence-corrected chi connectivity index (χ0v) is 16.2. The highest BCUT2D eigenvalue weighted by Crippen LogP contribution is 2.32. The maximum atomic E-state index is 5.69. The summed E-state index contributed by atoms with van der Waals surface area (Å²) >= 11 is 7.15. The first kappa shape index (κ1) is 17.0. The lowest BCUT2D eigenvalue weighted by molar-refractivity contribution is 0.0503. The lowest BCUT2D eigenvalue weighted by Gasteiger charge is -2.09. The highest BCUT2D eigenvalue weighted by molar-refractivity contribution is 9.10. The third-order valence-electron chi connectivity index (χ3n) is 3.82. The van der Waals surface area contributed by atoms with Crippen molar-refractivity contribution in [2.75, 3.05) is 26.4 Å². The summed E-state index contributed by atoms with van der Waals surface area (Å²) in [6.45, 7) is 5.54. The number of benzene rings is 2. The fourth-order valence-corrected chi connectivity index (χ4v) is 3.53. The Morgan fingerprint density at radius 2 is 1.39 bits per heavy atom. The number of ether oxygens (including phenoxy) is 2. The summed E-state index contributed by atoms with van der Waals surface area (Å²) in [7, 11) is 0. The molecule has 122 valence electrons. The van der Waals surface area contributed by atoms with E-state index in [0.29, 0.717) is 19.8 Å². The Morgan fingerprint density at radius 3 is 1.96 bits per heavy atom. The summed E-state index contributed by atoms with van der Waals surface area (Å²) in [5.41, 5.74) is 2.46. The minimum absolute atomic E-state index is 0.641. The van der Waals surface area contributed by atoms with Gasteiger partial charge in [-0.3, -0.25) is 0 Å². The van der Waals surface area contributed by atoms with Crippen LogP contribution in [0.3, 0.4) is 0 Å². The molecule has 0 saturated carbocycles. The van der Waals surface area contributed by atoms with E-state index in [1.54, 1.807) is 0 Å². The lowest BCUT2D eigenvalue weighted by atomic mass is 10.2. The van der Waals surface area contributed by atoms with E-state index in [1.807, 2.05) is 6.92 Å². The van der Waals surface area contributed by atoms with Crippen LogP contribution in [0.4, 0.5) is 0 Å². The van der Waals surface area contributed by atoms with Gasteiger partial charge in [-0.05, 0) is 43.3 Å². The Bertz CT molecular complexity index is 754. The molecule has 0 aliphatic rings. The van der Waals surface area contributed by atoms with Gasteiger partial charge in [-0.25, -0.2) is 0 Å². The highest BCUT2D eigenvalue weighted by Gasteiger charge is 2.11. The van der Waals surface area contributed by atoms with Gasteiger partial charge in [-0.2, -0.15) is 0 Å². The van der Waals surface area contributed by atoms with Crippen molar-refractivity contribution in [3.8, 4) is 0 Å². The molecule has 0 aliphatic heterocycles. The monoisotopic (exact) mass is 439 g/mol. The van der Waals surface area contributed by atoms with Crippen molar-refractivity contribution >= 4 is 53.7 Å². The van der Waals surface area contributed by atoms with Crippen LogP contribution in [-0.4, -0.2) is 31.0 Å². The van der Waals surface area contributed by atoms with Gasteiger partial charge in [0.15, 0.2) is 0 Å². The summed E-state index contributed by atoms with van der Waals surface area (Å²) in [6, 6.07) is 12.8. The van der Waals surface area contributed by atoms with Gasteiger partial charge in [0.1, 0.15) is 0 Å². The molecular formula is C18H19Br2NO2. The van der Waals surface area contributed by atoms with Crippen molar-refractivity contribution in [3.63, 3.8) is 0 Å². The predicted molar refractivity (Wildman–Crippen MR) is 102 cm³/mol. The number of hydrogen-bond donors (Lipinski definition) is 0. The Hall–Kier alpha value is -0.880. The van der Waals surface area contributed by atoms with Gasteiger partial charge < -0.3 is 14.0 Å². The third kappa shape index (κ3) is 3.79. The smallest absolute Gasteiger partial charge is 0.0701 e. The topological polar surface area (TPSA) is 23.4 Å². The Kier molecular flexibility index (Phi) is 5.75. The highest BCUT2D eigenvalue weighted by atomic mass is 79.9. The number of nitrogens with zero attached hydrogens (tertiary/aromatic N) is 1. The maximum absolute atomic E-state index is 5.69. The number of hydrogen-bond acceptors (Lipinski definition) is 2. The molecule has 1 aromatic heterocycles. The van der Waals surface area contributed by atoms with E-state index in [-0.39, 0.29) is 0 Å². The molecule has 5 heteroatoms. The molecule has 0 unspecified atom stereocenters. The number of fused-ring (bicyclic) bond motifs is 3. The van der Waals surface area contributed by atoms with Gasteiger partial charge in [0, 0.05) is 43.9 Å². The minimum atomic E-state index is 0.641. The van der Waals surface area contributed by atoms with Crippen molar-refractivity contribution < 1.29 is 9.47 Å². The molecule has 0 N–H and O–H groups in total. The normalized spacial score (nSPS) is 11.6. The molecule has 0 saturated heterocycles. The Balaban J connectivity index is 1.88. The molecule has 0 radical (unpaired) electrons. The van der Waals surface area contributed by atoms with Crippen LogP contribution in [0.5, 0.6) is 0 Å². The largest absolute Gasteiger partial charge is 0.379 e. The molecule has 3 aromatic rings. The second kappa shape index (κ2) is 7.79. The first-order valence-corrected chi connectivity index (χ1v) is 9.32. The second-order valence-electron chi connectivity index (χ2n) is 5.28. The van der Waals surface area contributed by atoms with Crippen molar-refractivity contribution in [1.29, 1.82) is 0 Å². The number of rotatable bonds is 7. The van der Waals surface area contributed by atoms with Crippen LogP contribution in [0, 0.1) is 0 Å². The average molecular weight is 441 g/mol. The molecule has 0 amide bonds. The zero-order chi connectivity index (χ0) is 16.2. The molecule has 23 heavy (non-hydrogen) atoms. The van der Waals surface area contributed by atoms with E-state index >= 15 is 0 Å². The molecule has 0 bridgehead atoms. The van der Waals surface area contributed by atoms with Crippen LogP contribution in [0.2, 0.25) is 0 Å². The van der Waals surface area contributed by atoms with E-state index < -0.39 is 0 Å². The molecule has 0 spiro atoms. The van der Waals surface area contributed by atoms with Crippen molar-refractivity contribution in [1.82, 2.24) is 4.57 Å². The molecule has 0 atom stereocenters. The van der Waals surface area contributed by atoms with Crippen LogP contribution in [0.25, 0.3) is 21.8 Å². The summed E-state index contributed by atoms with van der Waals surface area (Å²) in [5, 5.41) is 2.51. The fourth-order valence-electron chi connectivity index (χ4n) is 2.81. The average Bonchev–Trinajstić information content (AvgIpc) is 2.83. The molecule has 0 fully saturated rings. The van der Waals surface area contributed by atoms with Crippen LogP contribution in [0.1, 0.15) is 6.92 Å². The molecule has 0 aliphatic carbocycles. The van der Waals surface area contributed by atoms with Gasteiger partial charge in [-0.15, -0.1) is 0 Å². The summed E-state index contributed by atoms with van der Waals surface area (Å²) in [4.78, 5) is 0. The Labute approximate surface area is 152 Å². The maximum Gasteiger partial charge on any atom is 0.0701 e. The first-order valence-electron chi connectivity index (χ1n) is 7.73. The van der Waals surface area contributed by atoms with E-state index in [4.69, 9.17) is 9.47 Å². The van der Waals surface area contributed by atoms with E-state index in [2.05, 4.69) is 72.8 Å². The van der Waals surface area contributed by atoms with Gasteiger partial charge in [0.2, 0.25) is 0 Å². The van der Waals surface area contributed by atoms with Crippen LogP contribution in [0.15, 0.2) is 45.3 Å². The third-order valence-corrected chi connectivity index (χ3v) is 4.81. The van der Waals surface area contributed by atoms with Crippen LogP contribution >= 0.6 is 31.9 Å². The van der Waals surface area contributed by atoms with E-state index in [9.17, 15) is 0 Å². The summed E-state index contributed by atoms with van der Waals surface area (Å²) in [6.07, 6.45) is 0. The van der Waals surface area contributed by atoms with Crippen molar-refractivity contribution in [3.05, 3.63) is 45.3 Å². The second-order valence-corrected chi connectivity index (χ2v) is 7.12. The molecule has 3 nitrogen and oxygen atoms in total. The zero-order valence-electron chi connectivity index (χ0n) is 13.0. The molecule has 2 aromatic carbocycles. The van der Waals surface area contributed by atoms with Crippen LogP contribution in [-0.2, 0) is 16.0 Å². The van der Waals surface area contributed by atoms with Crippen LogP contribution < -0.4 is 0 Å². The van der Waals surface area contributed by atoms with Gasteiger partial charge in [0.05, 0.1) is 19.8 Å². The predicted octanol–water partition coefficient (Wildman–Crippen LogP) is 5.37. The van der Waals surface area contributed by atoms with Gasteiger partial charge in [-0.1, -0.05) is 31.9 Å². The molecular weight excluding hydrogens is 422 g/mol. The van der Waals surface area contributed by atoms with Gasteiger partial charge >= 0.3 is 0 Å². The number of halogens is 2. The van der Waals surface area contributed by atoms with Crippen molar-refractivity contribution in [2.24, 2.45) is 0 Å².